The van der Waals surface area contributed by atoms with Crippen molar-refractivity contribution in [2.24, 2.45) is 0 Å². The van der Waals surface area contributed by atoms with Gasteiger partial charge in [0, 0.05) is 11.0 Å². The molecule has 0 aromatic heterocycles. The summed E-state index contributed by atoms with van der Waals surface area (Å²) in [5, 5.41) is 6.02. The van der Waals surface area contributed by atoms with Crippen LogP contribution in [0.5, 0.6) is 0 Å². The first-order valence-electron chi connectivity index (χ1n) is 4.52. The molecule has 0 radical (unpaired) electrons. The molecule has 3 nitrogen and oxygen atoms in total. The van der Waals surface area contributed by atoms with Crippen molar-refractivity contribution < 1.29 is 4.79 Å². The van der Waals surface area contributed by atoms with Crippen molar-refractivity contribution in [2.75, 3.05) is 13.1 Å². The maximum absolute atomic E-state index is 11.2. The summed E-state index contributed by atoms with van der Waals surface area (Å²) >= 11 is 3.47. The zero-order valence-electron chi connectivity index (χ0n) is 7.59. The number of rotatable bonds is 1. The Hall–Kier alpha value is -0.870. The summed E-state index contributed by atoms with van der Waals surface area (Å²) in [7, 11) is 0. The maximum Gasteiger partial charge on any atom is 0.234 e. The third-order valence-electron chi connectivity index (χ3n) is 2.25. The summed E-state index contributed by atoms with van der Waals surface area (Å²) in [6.07, 6.45) is 0. The SMILES string of the molecule is O=C1CNCC(c2ccccc2Br)N1. The monoisotopic (exact) mass is 254 g/mol. The van der Waals surface area contributed by atoms with Gasteiger partial charge in [-0.1, -0.05) is 34.1 Å². The van der Waals surface area contributed by atoms with Crippen molar-refractivity contribution in [3.05, 3.63) is 34.3 Å². The molecule has 1 aromatic rings. The van der Waals surface area contributed by atoms with Gasteiger partial charge in [-0.25, -0.2) is 0 Å². The molecule has 1 saturated heterocycles. The molecule has 0 saturated carbocycles. The summed E-state index contributed by atoms with van der Waals surface area (Å²) in [6.45, 7) is 1.20. The normalized spacial score (nSPS) is 21.8. The largest absolute Gasteiger partial charge is 0.347 e. The van der Waals surface area contributed by atoms with Crippen molar-refractivity contribution in [1.82, 2.24) is 10.6 Å². The predicted octanol–water partition coefficient (Wildman–Crippen LogP) is 1.21. The van der Waals surface area contributed by atoms with Crippen molar-refractivity contribution in [2.45, 2.75) is 6.04 Å². The molecule has 14 heavy (non-hydrogen) atoms. The average Bonchev–Trinajstić information content (AvgIpc) is 2.18. The number of nitrogens with one attached hydrogen (secondary N) is 2. The Kier molecular flexibility index (Phi) is 2.84. The van der Waals surface area contributed by atoms with Crippen LogP contribution in [0.1, 0.15) is 11.6 Å². The molecule has 1 amide bonds. The first kappa shape index (κ1) is 9.68. The van der Waals surface area contributed by atoms with Gasteiger partial charge >= 0.3 is 0 Å². The standard InChI is InChI=1S/C10H11BrN2O/c11-8-4-2-1-3-7(8)9-5-12-6-10(14)13-9/h1-4,9,12H,5-6H2,(H,13,14). The van der Waals surface area contributed by atoms with Crippen LogP contribution in [-0.2, 0) is 4.79 Å². The summed E-state index contributed by atoms with van der Waals surface area (Å²) < 4.78 is 1.04. The fourth-order valence-corrected chi connectivity index (χ4v) is 2.13. The highest BCUT2D eigenvalue weighted by Gasteiger charge is 2.20. The number of piperazine rings is 1. The van der Waals surface area contributed by atoms with E-state index in [0.29, 0.717) is 6.54 Å². The van der Waals surface area contributed by atoms with Crippen LogP contribution in [0.15, 0.2) is 28.7 Å². The van der Waals surface area contributed by atoms with E-state index in [0.717, 1.165) is 16.6 Å². The molecule has 4 heteroatoms. The maximum atomic E-state index is 11.2. The van der Waals surface area contributed by atoms with Crippen LogP contribution in [-0.4, -0.2) is 19.0 Å². The molecule has 1 aliphatic rings. The van der Waals surface area contributed by atoms with Gasteiger partial charge in [0.1, 0.15) is 0 Å². The molecule has 0 spiro atoms. The lowest BCUT2D eigenvalue weighted by Crippen LogP contribution is -2.47. The minimum atomic E-state index is 0.0528. The van der Waals surface area contributed by atoms with Gasteiger partial charge in [-0.2, -0.15) is 0 Å². The van der Waals surface area contributed by atoms with Crippen LogP contribution in [0.25, 0.3) is 0 Å². The Morgan fingerprint density at radius 2 is 2.14 bits per heavy atom. The second-order valence-electron chi connectivity index (χ2n) is 3.27. The average molecular weight is 255 g/mol. The van der Waals surface area contributed by atoms with E-state index in [2.05, 4.69) is 26.6 Å². The highest BCUT2D eigenvalue weighted by atomic mass is 79.9. The lowest BCUT2D eigenvalue weighted by Gasteiger charge is -2.25. The van der Waals surface area contributed by atoms with Crippen LogP contribution in [0, 0.1) is 0 Å². The zero-order chi connectivity index (χ0) is 9.97. The summed E-state index contributed by atoms with van der Waals surface area (Å²) in [6, 6.07) is 8.01. The van der Waals surface area contributed by atoms with Crippen LogP contribution in [0.3, 0.4) is 0 Å². The molecular weight excluding hydrogens is 244 g/mol. The van der Waals surface area contributed by atoms with E-state index in [4.69, 9.17) is 0 Å². The zero-order valence-corrected chi connectivity index (χ0v) is 9.17. The molecule has 1 heterocycles. The second kappa shape index (κ2) is 4.11. The molecule has 74 valence electrons. The lowest BCUT2D eigenvalue weighted by molar-refractivity contribution is -0.122. The molecule has 1 aromatic carbocycles. The topological polar surface area (TPSA) is 41.1 Å². The lowest BCUT2D eigenvalue weighted by atomic mass is 10.1. The molecule has 1 unspecified atom stereocenters. The van der Waals surface area contributed by atoms with Crippen LogP contribution >= 0.6 is 15.9 Å². The molecule has 1 atom stereocenters. The number of halogens is 1. The Labute approximate surface area is 91.0 Å². The molecule has 0 aliphatic carbocycles. The van der Waals surface area contributed by atoms with E-state index in [1.165, 1.54) is 0 Å². The first-order chi connectivity index (χ1) is 6.77. The first-order valence-corrected chi connectivity index (χ1v) is 5.31. The fourth-order valence-electron chi connectivity index (χ4n) is 1.57. The van der Waals surface area contributed by atoms with Crippen LogP contribution in [0.2, 0.25) is 0 Å². The van der Waals surface area contributed by atoms with Gasteiger partial charge in [0.2, 0.25) is 5.91 Å². The third-order valence-corrected chi connectivity index (χ3v) is 2.97. The second-order valence-corrected chi connectivity index (χ2v) is 4.13. The van der Waals surface area contributed by atoms with E-state index in [9.17, 15) is 4.79 Å². The number of amides is 1. The van der Waals surface area contributed by atoms with E-state index < -0.39 is 0 Å². The Morgan fingerprint density at radius 3 is 2.86 bits per heavy atom. The summed E-state index contributed by atoms with van der Waals surface area (Å²) in [4.78, 5) is 11.2. The van der Waals surface area contributed by atoms with E-state index in [1.54, 1.807) is 0 Å². The van der Waals surface area contributed by atoms with Crippen molar-refractivity contribution in [1.29, 1.82) is 0 Å². The molecular formula is C10H11BrN2O. The number of carbonyl (C=O) groups is 1. The third kappa shape index (κ3) is 1.96. The van der Waals surface area contributed by atoms with Gasteiger partial charge in [-0.3, -0.25) is 4.79 Å². The summed E-state index contributed by atoms with van der Waals surface area (Å²) in [5.74, 6) is 0.0528. The molecule has 1 aliphatic heterocycles. The summed E-state index contributed by atoms with van der Waals surface area (Å²) in [5.41, 5.74) is 1.12. The van der Waals surface area contributed by atoms with E-state index >= 15 is 0 Å². The van der Waals surface area contributed by atoms with Gasteiger partial charge < -0.3 is 10.6 Å². The van der Waals surface area contributed by atoms with Gasteiger partial charge in [0.05, 0.1) is 12.6 Å². The Morgan fingerprint density at radius 1 is 1.36 bits per heavy atom. The van der Waals surface area contributed by atoms with Gasteiger partial charge in [-0.15, -0.1) is 0 Å². The highest BCUT2D eigenvalue weighted by molar-refractivity contribution is 9.10. The van der Waals surface area contributed by atoms with E-state index in [-0.39, 0.29) is 11.9 Å². The van der Waals surface area contributed by atoms with Crippen LogP contribution in [0.4, 0.5) is 0 Å². The Balaban J connectivity index is 2.22. The van der Waals surface area contributed by atoms with Gasteiger partial charge in [0.15, 0.2) is 0 Å². The molecule has 2 N–H and O–H groups in total. The number of benzene rings is 1. The van der Waals surface area contributed by atoms with Crippen molar-refractivity contribution >= 4 is 21.8 Å². The quantitative estimate of drug-likeness (QED) is 0.792. The minimum absolute atomic E-state index is 0.0528. The fraction of sp³-hybridized carbons (Fsp3) is 0.300. The highest BCUT2D eigenvalue weighted by Crippen LogP contribution is 2.23. The van der Waals surface area contributed by atoms with Crippen LogP contribution < -0.4 is 10.6 Å². The smallest absolute Gasteiger partial charge is 0.234 e. The number of hydrogen-bond acceptors (Lipinski definition) is 2. The molecule has 1 fully saturated rings. The van der Waals surface area contributed by atoms with E-state index in [1.807, 2.05) is 24.3 Å². The van der Waals surface area contributed by atoms with Crippen molar-refractivity contribution in [3.63, 3.8) is 0 Å². The van der Waals surface area contributed by atoms with Gasteiger partial charge in [-0.05, 0) is 11.6 Å². The Bertz CT molecular complexity index is 354. The molecule has 2 rings (SSSR count). The number of hydrogen-bond donors (Lipinski definition) is 2. The minimum Gasteiger partial charge on any atom is -0.347 e. The van der Waals surface area contributed by atoms with Gasteiger partial charge in [0.25, 0.3) is 0 Å². The predicted molar refractivity (Wildman–Crippen MR) is 57.9 cm³/mol. The molecule has 0 bridgehead atoms. The number of carbonyl (C=O) groups excluding carboxylic acids is 1. The van der Waals surface area contributed by atoms with Crippen molar-refractivity contribution in [3.8, 4) is 0 Å².